The largest absolute Gasteiger partial charge is 0.478 e. The average molecular weight is 238 g/mol. The maximum atomic E-state index is 5.68. The van der Waals surface area contributed by atoms with Crippen LogP contribution in [0.25, 0.3) is 0 Å². The van der Waals surface area contributed by atoms with Gasteiger partial charge in [-0.2, -0.15) is 0 Å². The van der Waals surface area contributed by atoms with Crippen LogP contribution in [0.1, 0.15) is 33.1 Å². The molecule has 5 nitrogen and oxygen atoms in total. The van der Waals surface area contributed by atoms with Crippen LogP contribution in [0, 0.1) is 0 Å². The maximum absolute atomic E-state index is 5.68. The molecule has 1 aromatic rings. The van der Waals surface area contributed by atoms with Crippen LogP contribution < -0.4 is 15.8 Å². The molecule has 1 unspecified atom stereocenters. The van der Waals surface area contributed by atoms with Gasteiger partial charge < -0.3 is 15.8 Å². The summed E-state index contributed by atoms with van der Waals surface area (Å²) >= 11 is 0. The van der Waals surface area contributed by atoms with E-state index in [0.717, 1.165) is 31.6 Å². The Kier molecular flexibility index (Phi) is 6.32. The Hall–Kier alpha value is -1.36. The molecule has 3 N–H and O–H groups in total. The summed E-state index contributed by atoms with van der Waals surface area (Å²) in [4.78, 5) is 8.17. The molecule has 17 heavy (non-hydrogen) atoms. The fraction of sp³-hybridized carbons (Fsp3) is 0.667. The van der Waals surface area contributed by atoms with Crippen molar-refractivity contribution in [3.8, 4) is 5.88 Å². The lowest BCUT2D eigenvalue weighted by Crippen LogP contribution is -2.16. The molecule has 5 heteroatoms. The van der Waals surface area contributed by atoms with Gasteiger partial charge in [0.05, 0.1) is 6.61 Å². The lowest BCUT2D eigenvalue weighted by molar-refractivity contribution is 0.305. The minimum absolute atomic E-state index is 0.255. The zero-order valence-corrected chi connectivity index (χ0v) is 10.6. The normalized spacial score (nSPS) is 12.2. The Balaban J connectivity index is 2.32. The lowest BCUT2D eigenvalue weighted by Gasteiger charge is -2.08. The third-order valence-electron chi connectivity index (χ3n) is 2.24. The number of aromatic nitrogens is 2. The highest BCUT2D eigenvalue weighted by atomic mass is 16.5. The van der Waals surface area contributed by atoms with E-state index >= 15 is 0 Å². The van der Waals surface area contributed by atoms with Crippen molar-refractivity contribution in [3.05, 3.63) is 12.4 Å². The van der Waals surface area contributed by atoms with Gasteiger partial charge in [0.25, 0.3) is 0 Å². The van der Waals surface area contributed by atoms with Crippen molar-refractivity contribution in [2.75, 3.05) is 18.5 Å². The van der Waals surface area contributed by atoms with E-state index < -0.39 is 0 Å². The molecule has 1 rings (SSSR count). The second kappa shape index (κ2) is 7.84. The minimum Gasteiger partial charge on any atom is -0.478 e. The van der Waals surface area contributed by atoms with Gasteiger partial charge in [-0.3, -0.25) is 0 Å². The number of hydrogen-bond donors (Lipinski definition) is 2. The Morgan fingerprint density at radius 2 is 2.29 bits per heavy atom. The summed E-state index contributed by atoms with van der Waals surface area (Å²) in [6.07, 6.45) is 4.53. The van der Waals surface area contributed by atoms with Crippen molar-refractivity contribution in [2.45, 2.75) is 39.2 Å². The number of nitrogens with one attached hydrogen (secondary N) is 1. The van der Waals surface area contributed by atoms with E-state index in [2.05, 4.69) is 22.2 Å². The van der Waals surface area contributed by atoms with E-state index in [4.69, 9.17) is 10.5 Å². The molecule has 0 aliphatic rings. The summed E-state index contributed by atoms with van der Waals surface area (Å²) < 4.78 is 5.43. The zero-order chi connectivity index (χ0) is 12.5. The van der Waals surface area contributed by atoms with Gasteiger partial charge in [-0.25, -0.2) is 9.97 Å². The summed E-state index contributed by atoms with van der Waals surface area (Å²) in [6, 6.07) is 2.08. The van der Waals surface area contributed by atoms with Crippen LogP contribution in [0.2, 0.25) is 0 Å². The van der Waals surface area contributed by atoms with Crippen LogP contribution in [0.3, 0.4) is 0 Å². The fourth-order valence-electron chi connectivity index (χ4n) is 1.36. The quantitative estimate of drug-likeness (QED) is 0.676. The number of nitrogens with two attached hydrogens (primary N) is 1. The molecule has 0 saturated heterocycles. The highest BCUT2D eigenvalue weighted by Crippen LogP contribution is 2.11. The first-order valence-corrected chi connectivity index (χ1v) is 6.16. The number of ether oxygens (including phenoxy) is 1. The second-order valence-corrected chi connectivity index (χ2v) is 4.14. The third-order valence-corrected chi connectivity index (χ3v) is 2.24. The summed E-state index contributed by atoms with van der Waals surface area (Å²) in [5.74, 6) is 1.42. The summed E-state index contributed by atoms with van der Waals surface area (Å²) in [7, 11) is 0. The molecule has 0 aromatic carbocycles. The number of anilines is 1. The lowest BCUT2D eigenvalue weighted by atomic mass is 10.2. The smallest absolute Gasteiger partial charge is 0.218 e. The first-order chi connectivity index (χ1) is 8.22. The Labute approximate surface area is 103 Å². The van der Waals surface area contributed by atoms with Gasteiger partial charge in [0.1, 0.15) is 12.1 Å². The van der Waals surface area contributed by atoms with Crippen molar-refractivity contribution in [2.24, 2.45) is 5.73 Å². The van der Waals surface area contributed by atoms with E-state index in [0.29, 0.717) is 12.5 Å². The van der Waals surface area contributed by atoms with Crippen LogP contribution >= 0.6 is 0 Å². The summed E-state index contributed by atoms with van der Waals surface area (Å²) in [6.45, 7) is 5.63. The van der Waals surface area contributed by atoms with E-state index in [1.165, 1.54) is 6.33 Å². The SMILES string of the molecule is CCCOc1cc(NCCCC(C)N)ncn1. The minimum atomic E-state index is 0.255. The summed E-state index contributed by atoms with van der Waals surface area (Å²) in [5.41, 5.74) is 5.68. The van der Waals surface area contributed by atoms with E-state index in [1.54, 1.807) is 0 Å². The molecule has 0 amide bonds. The van der Waals surface area contributed by atoms with Gasteiger partial charge in [-0.05, 0) is 26.2 Å². The second-order valence-electron chi connectivity index (χ2n) is 4.14. The predicted octanol–water partition coefficient (Wildman–Crippen LogP) is 1.80. The highest BCUT2D eigenvalue weighted by molar-refractivity contribution is 5.36. The maximum Gasteiger partial charge on any atom is 0.218 e. The van der Waals surface area contributed by atoms with Gasteiger partial charge >= 0.3 is 0 Å². The van der Waals surface area contributed by atoms with E-state index in [9.17, 15) is 0 Å². The van der Waals surface area contributed by atoms with Gasteiger partial charge in [-0.15, -0.1) is 0 Å². The average Bonchev–Trinajstić information content (AvgIpc) is 2.32. The van der Waals surface area contributed by atoms with Crippen molar-refractivity contribution >= 4 is 5.82 Å². The van der Waals surface area contributed by atoms with Gasteiger partial charge in [0.15, 0.2) is 0 Å². The Morgan fingerprint density at radius 3 is 3.00 bits per heavy atom. The molecule has 1 atom stereocenters. The van der Waals surface area contributed by atoms with Crippen molar-refractivity contribution in [1.82, 2.24) is 9.97 Å². The number of nitrogens with zero attached hydrogens (tertiary/aromatic N) is 2. The van der Waals surface area contributed by atoms with Crippen molar-refractivity contribution in [3.63, 3.8) is 0 Å². The number of rotatable bonds is 8. The topological polar surface area (TPSA) is 73.1 Å². The van der Waals surface area contributed by atoms with Crippen LogP contribution in [0.4, 0.5) is 5.82 Å². The van der Waals surface area contributed by atoms with Crippen LogP contribution in [-0.2, 0) is 0 Å². The third kappa shape index (κ3) is 6.06. The van der Waals surface area contributed by atoms with Crippen molar-refractivity contribution < 1.29 is 4.74 Å². The molecule has 0 aliphatic heterocycles. The number of hydrogen-bond acceptors (Lipinski definition) is 5. The molecule has 0 saturated carbocycles. The van der Waals surface area contributed by atoms with Gasteiger partial charge in [-0.1, -0.05) is 6.92 Å². The molecule has 0 bridgehead atoms. The fourth-order valence-corrected chi connectivity index (χ4v) is 1.36. The monoisotopic (exact) mass is 238 g/mol. The molecular formula is C12H22N4O. The zero-order valence-electron chi connectivity index (χ0n) is 10.6. The predicted molar refractivity (Wildman–Crippen MR) is 69.2 cm³/mol. The standard InChI is InChI=1S/C12H22N4O/c1-3-7-17-12-8-11(15-9-16-12)14-6-4-5-10(2)13/h8-10H,3-7,13H2,1-2H3,(H,14,15,16). The first-order valence-electron chi connectivity index (χ1n) is 6.16. The molecule has 96 valence electrons. The highest BCUT2D eigenvalue weighted by Gasteiger charge is 1.99. The molecular weight excluding hydrogens is 216 g/mol. The van der Waals surface area contributed by atoms with Crippen LogP contribution in [-0.4, -0.2) is 29.2 Å². The molecule has 0 spiro atoms. The first kappa shape index (κ1) is 13.7. The van der Waals surface area contributed by atoms with Crippen molar-refractivity contribution in [1.29, 1.82) is 0 Å². The molecule has 0 radical (unpaired) electrons. The van der Waals surface area contributed by atoms with Crippen LogP contribution in [0.5, 0.6) is 5.88 Å². The Bertz CT molecular complexity index is 317. The van der Waals surface area contributed by atoms with E-state index in [1.807, 2.05) is 13.0 Å². The molecule has 0 fully saturated rings. The molecule has 0 aliphatic carbocycles. The van der Waals surface area contributed by atoms with E-state index in [-0.39, 0.29) is 6.04 Å². The molecule has 1 heterocycles. The Morgan fingerprint density at radius 1 is 1.47 bits per heavy atom. The summed E-state index contributed by atoms with van der Waals surface area (Å²) in [5, 5.41) is 3.23. The molecule has 1 aromatic heterocycles. The van der Waals surface area contributed by atoms with Crippen LogP contribution in [0.15, 0.2) is 12.4 Å². The van der Waals surface area contributed by atoms with Gasteiger partial charge in [0.2, 0.25) is 5.88 Å². The van der Waals surface area contributed by atoms with Gasteiger partial charge in [0, 0.05) is 18.7 Å².